The summed E-state index contributed by atoms with van der Waals surface area (Å²) in [5.74, 6) is 2.46. The summed E-state index contributed by atoms with van der Waals surface area (Å²) in [6.45, 7) is 7.80. The molecule has 3 N–H and O–H groups in total. The van der Waals surface area contributed by atoms with E-state index in [1.165, 1.54) is 20.5 Å². The van der Waals surface area contributed by atoms with Crippen molar-refractivity contribution in [3.05, 3.63) is 53.8 Å². The van der Waals surface area contributed by atoms with Crippen molar-refractivity contribution in [2.24, 2.45) is 0 Å². The van der Waals surface area contributed by atoms with Crippen LogP contribution in [0.3, 0.4) is 0 Å². The van der Waals surface area contributed by atoms with Crippen molar-refractivity contribution in [2.75, 3.05) is 56.4 Å². The number of rotatable bonds is 12. The van der Waals surface area contributed by atoms with E-state index in [1.54, 1.807) is 18.2 Å². The highest BCUT2D eigenvalue weighted by atomic mass is 35.5. The fourth-order valence-electron chi connectivity index (χ4n) is 3.31. The zero-order valence-corrected chi connectivity index (χ0v) is 21.6. The summed E-state index contributed by atoms with van der Waals surface area (Å²) in [6.07, 6.45) is 1.35. The second kappa shape index (κ2) is 13.4. The summed E-state index contributed by atoms with van der Waals surface area (Å²) in [6, 6.07) is 11.9. The van der Waals surface area contributed by atoms with Gasteiger partial charge in [0.1, 0.15) is 46.8 Å². The zero-order valence-electron chi connectivity index (χ0n) is 20.8. The average Bonchev–Trinajstić information content (AvgIpc) is 2.89. The van der Waals surface area contributed by atoms with Crippen molar-refractivity contribution in [1.82, 2.24) is 14.9 Å². The Labute approximate surface area is 215 Å². The standard InChI is InChI=1S/C25H31ClN6O4/c1-5-32(6-2)11-12-36-18-9-7-17(8-10-18)29-22-15-23(28-16-27-22)31-25(33)30-20-13-19(34-3)14-21(35-4)24(20)26/h7-10,13-16H,5-6,11-12H2,1-4H3,(H3,27,28,29,30,31,33). The van der Waals surface area contributed by atoms with Crippen LogP contribution in [0, 0.1) is 0 Å². The normalized spacial score (nSPS) is 10.6. The molecule has 0 aliphatic carbocycles. The number of halogens is 1. The number of benzene rings is 2. The number of ether oxygens (including phenoxy) is 3. The van der Waals surface area contributed by atoms with Crippen LogP contribution < -0.4 is 30.2 Å². The van der Waals surface area contributed by atoms with Crippen LogP contribution in [0.5, 0.6) is 17.2 Å². The molecule has 0 unspecified atom stereocenters. The molecule has 0 atom stereocenters. The molecule has 2 amide bonds. The van der Waals surface area contributed by atoms with Gasteiger partial charge in [0.25, 0.3) is 0 Å². The van der Waals surface area contributed by atoms with Crippen molar-refractivity contribution in [3.63, 3.8) is 0 Å². The SMILES string of the molecule is CCN(CC)CCOc1ccc(Nc2cc(NC(=O)Nc3cc(OC)cc(OC)c3Cl)ncn2)cc1. The third-order valence-electron chi connectivity index (χ3n) is 5.32. The maximum atomic E-state index is 12.5. The third kappa shape index (κ3) is 7.62. The quantitative estimate of drug-likeness (QED) is 0.300. The summed E-state index contributed by atoms with van der Waals surface area (Å²) in [5.41, 5.74) is 1.15. The number of nitrogens with one attached hydrogen (secondary N) is 3. The number of carbonyl (C=O) groups is 1. The molecule has 0 radical (unpaired) electrons. The monoisotopic (exact) mass is 514 g/mol. The maximum Gasteiger partial charge on any atom is 0.324 e. The predicted octanol–water partition coefficient (Wildman–Crippen LogP) is 5.26. The molecular formula is C25H31ClN6O4. The van der Waals surface area contributed by atoms with E-state index in [1.807, 2.05) is 24.3 Å². The number of nitrogens with zero attached hydrogens (tertiary/aromatic N) is 3. The molecule has 0 bridgehead atoms. The van der Waals surface area contributed by atoms with Crippen molar-refractivity contribution in [2.45, 2.75) is 13.8 Å². The fraction of sp³-hybridized carbons (Fsp3) is 0.320. The van der Waals surface area contributed by atoms with Gasteiger partial charge in [-0.25, -0.2) is 14.8 Å². The fourth-order valence-corrected chi connectivity index (χ4v) is 3.54. The van der Waals surface area contributed by atoms with Crippen LogP contribution in [0.1, 0.15) is 13.8 Å². The van der Waals surface area contributed by atoms with E-state index in [0.29, 0.717) is 35.4 Å². The Balaban J connectivity index is 1.58. The third-order valence-corrected chi connectivity index (χ3v) is 5.71. The molecule has 11 heteroatoms. The summed E-state index contributed by atoms with van der Waals surface area (Å²) in [4.78, 5) is 23.2. The van der Waals surface area contributed by atoms with E-state index < -0.39 is 6.03 Å². The summed E-state index contributed by atoms with van der Waals surface area (Å²) >= 11 is 6.30. The second-order valence-corrected chi connectivity index (χ2v) is 7.96. The molecule has 10 nitrogen and oxygen atoms in total. The van der Waals surface area contributed by atoms with Crippen LogP contribution in [0.2, 0.25) is 5.02 Å². The first kappa shape index (κ1) is 26.8. The Hall–Kier alpha value is -3.76. The molecular weight excluding hydrogens is 484 g/mol. The molecule has 1 heterocycles. The molecule has 0 saturated carbocycles. The van der Waals surface area contributed by atoms with E-state index >= 15 is 0 Å². The number of amides is 2. The Bertz CT molecular complexity index is 1140. The highest BCUT2D eigenvalue weighted by molar-refractivity contribution is 6.35. The molecule has 0 aliphatic heterocycles. The van der Waals surface area contributed by atoms with Crippen molar-refractivity contribution in [3.8, 4) is 17.2 Å². The minimum atomic E-state index is -0.539. The van der Waals surface area contributed by atoms with Gasteiger partial charge < -0.3 is 29.7 Å². The highest BCUT2D eigenvalue weighted by Gasteiger charge is 2.14. The van der Waals surface area contributed by atoms with Gasteiger partial charge >= 0.3 is 6.03 Å². The lowest BCUT2D eigenvalue weighted by molar-refractivity contribution is 0.223. The van der Waals surface area contributed by atoms with Gasteiger partial charge in [0.05, 0.1) is 19.9 Å². The Kier molecular flexibility index (Phi) is 9.96. The van der Waals surface area contributed by atoms with Crippen LogP contribution in [0.25, 0.3) is 0 Å². The van der Waals surface area contributed by atoms with Gasteiger partial charge in [0.15, 0.2) is 0 Å². The molecule has 0 spiro atoms. The van der Waals surface area contributed by atoms with Crippen molar-refractivity contribution >= 4 is 40.6 Å². The van der Waals surface area contributed by atoms with E-state index in [4.69, 9.17) is 25.8 Å². The Morgan fingerprint density at radius 2 is 1.67 bits per heavy atom. The summed E-state index contributed by atoms with van der Waals surface area (Å²) < 4.78 is 16.3. The lowest BCUT2D eigenvalue weighted by Crippen LogP contribution is -2.27. The number of methoxy groups -OCH3 is 2. The average molecular weight is 515 g/mol. The number of urea groups is 1. The molecule has 1 aromatic heterocycles. The van der Waals surface area contributed by atoms with Crippen LogP contribution in [-0.4, -0.2) is 61.4 Å². The molecule has 3 rings (SSSR count). The molecule has 36 heavy (non-hydrogen) atoms. The molecule has 0 fully saturated rings. The topological polar surface area (TPSA) is 110 Å². The molecule has 2 aromatic carbocycles. The van der Waals surface area contributed by atoms with Crippen LogP contribution in [0.15, 0.2) is 48.8 Å². The Morgan fingerprint density at radius 1 is 0.944 bits per heavy atom. The first-order valence-corrected chi connectivity index (χ1v) is 11.9. The number of carbonyl (C=O) groups excluding carboxylic acids is 1. The maximum absolute atomic E-state index is 12.5. The molecule has 192 valence electrons. The summed E-state index contributed by atoms with van der Waals surface area (Å²) in [7, 11) is 2.99. The van der Waals surface area contributed by atoms with Crippen molar-refractivity contribution in [1.29, 1.82) is 0 Å². The minimum absolute atomic E-state index is 0.249. The molecule has 3 aromatic rings. The number of hydrogen-bond acceptors (Lipinski definition) is 8. The van der Waals surface area contributed by atoms with Gasteiger partial charge in [0.2, 0.25) is 0 Å². The van der Waals surface area contributed by atoms with Gasteiger partial charge in [0, 0.05) is 30.4 Å². The van der Waals surface area contributed by atoms with E-state index in [9.17, 15) is 4.79 Å². The largest absolute Gasteiger partial charge is 0.497 e. The smallest absolute Gasteiger partial charge is 0.324 e. The first-order chi connectivity index (χ1) is 17.4. The minimum Gasteiger partial charge on any atom is -0.497 e. The van der Waals surface area contributed by atoms with Crippen molar-refractivity contribution < 1.29 is 19.0 Å². The lowest BCUT2D eigenvalue weighted by Gasteiger charge is -2.18. The summed E-state index contributed by atoms with van der Waals surface area (Å²) in [5, 5.41) is 8.77. The number of aromatic nitrogens is 2. The van der Waals surface area contributed by atoms with Gasteiger partial charge in [-0.15, -0.1) is 0 Å². The molecule has 0 aliphatic rings. The number of anilines is 4. The zero-order chi connectivity index (χ0) is 25.9. The van der Waals surface area contributed by atoms with Gasteiger partial charge in [-0.3, -0.25) is 5.32 Å². The Morgan fingerprint density at radius 3 is 2.33 bits per heavy atom. The van der Waals surface area contributed by atoms with E-state index in [2.05, 4.69) is 44.7 Å². The van der Waals surface area contributed by atoms with Crippen LogP contribution in [-0.2, 0) is 0 Å². The predicted molar refractivity (Wildman–Crippen MR) is 142 cm³/mol. The second-order valence-electron chi connectivity index (χ2n) is 7.58. The van der Waals surface area contributed by atoms with Crippen LogP contribution >= 0.6 is 11.6 Å². The van der Waals surface area contributed by atoms with Crippen LogP contribution in [0.4, 0.5) is 27.8 Å². The number of hydrogen-bond donors (Lipinski definition) is 3. The van der Waals surface area contributed by atoms with Gasteiger partial charge in [-0.05, 0) is 37.4 Å². The van der Waals surface area contributed by atoms with Gasteiger partial charge in [-0.2, -0.15) is 0 Å². The highest BCUT2D eigenvalue weighted by Crippen LogP contribution is 2.36. The van der Waals surface area contributed by atoms with E-state index in [0.717, 1.165) is 31.1 Å². The molecule has 0 saturated heterocycles. The van der Waals surface area contributed by atoms with Gasteiger partial charge in [-0.1, -0.05) is 25.4 Å². The van der Waals surface area contributed by atoms with E-state index in [-0.39, 0.29) is 5.02 Å². The first-order valence-electron chi connectivity index (χ1n) is 11.5. The lowest BCUT2D eigenvalue weighted by atomic mass is 10.2. The number of likely N-dealkylation sites (N-methyl/N-ethyl adjacent to an activating group) is 1.